The van der Waals surface area contributed by atoms with Gasteiger partial charge in [-0.2, -0.15) is 0 Å². The van der Waals surface area contributed by atoms with Crippen LogP contribution in [0.2, 0.25) is 0 Å². The second-order valence-corrected chi connectivity index (χ2v) is 4.50. The average Bonchev–Trinajstić information content (AvgIpc) is 2.60. The van der Waals surface area contributed by atoms with E-state index < -0.39 is 11.6 Å². The molecule has 100 valence electrons. The number of nitrogen functional groups attached to an aromatic ring is 1. The van der Waals surface area contributed by atoms with Crippen molar-refractivity contribution in [3.63, 3.8) is 0 Å². The standard InChI is InChI=1S/C13H18F2N2O/c1-2-9-8-17(6-3-7-18-9)13-11(16)5-4-10(14)12(13)15/h4-5,9H,2-3,6-8,16H2,1H3. The molecule has 0 spiro atoms. The van der Waals surface area contributed by atoms with Gasteiger partial charge in [0.2, 0.25) is 0 Å². The number of halogens is 2. The summed E-state index contributed by atoms with van der Waals surface area (Å²) in [5, 5.41) is 0. The molecule has 0 aliphatic carbocycles. The third kappa shape index (κ3) is 2.56. The number of nitrogens with zero attached hydrogens (tertiary/aromatic N) is 1. The van der Waals surface area contributed by atoms with Gasteiger partial charge in [-0.15, -0.1) is 0 Å². The first-order chi connectivity index (χ1) is 8.63. The van der Waals surface area contributed by atoms with Crippen molar-refractivity contribution in [3.05, 3.63) is 23.8 Å². The number of hydrogen-bond acceptors (Lipinski definition) is 3. The summed E-state index contributed by atoms with van der Waals surface area (Å²) in [5.41, 5.74) is 6.20. The summed E-state index contributed by atoms with van der Waals surface area (Å²) in [5.74, 6) is -1.73. The van der Waals surface area contributed by atoms with Crippen molar-refractivity contribution in [2.24, 2.45) is 0 Å². The molecule has 1 unspecified atom stereocenters. The van der Waals surface area contributed by atoms with Gasteiger partial charge in [-0.05, 0) is 25.0 Å². The minimum absolute atomic E-state index is 0.0366. The fraction of sp³-hybridized carbons (Fsp3) is 0.538. The minimum Gasteiger partial charge on any atom is -0.397 e. The van der Waals surface area contributed by atoms with E-state index in [0.29, 0.717) is 19.7 Å². The lowest BCUT2D eigenvalue weighted by Crippen LogP contribution is -2.32. The van der Waals surface area contributed by atoms with Gasteiger partial charge in [0.1, 0.15) is 0 Å². The summed E-state index contributed by atoms with van der Waals surface area (Å²) in [7, 11) is 0. The molecule has 5 heteroatoms. The van der Waals surface area contributed by atoms with Gasteiger partial charge in [-0.3, -0.25) is 0 Å². The summed E-state index contributed by atoms with van der Waals surface area (Å²) in [6, 6.07) is 2.46. The lowest BCUT2D eigenvalue weighted by molar-refractivity contribution is 0.0664. The zero-order valence-electron chi connectivity index (χ0n) is 10.5. The molecule has 18 heavy (non-hydrogen) atoms. The van der Waals surface area contributed by atoms with Crippen LogP contribution in [-0.2, 0) is 4.74 Å². The van der Waals surface area contributed by atoms with Crippen molar-refractivity contribution < 1.29 is 13.5 Å². The Morgan fingerprint density at radius 3 is 2.94 bits per heavy atom. The first kappa shape index (κ1) is 13.1. The Morgan fingerprint density at radius 1 is 1.44 bits per heavy atom. The zero-order valence-corrected chi connectivity index (χ0v) is 10.5. The molecule has 0 amide bonds. The van der Waals surface area contributed by atoms with E-state index in [1.807, 2.05) is 6.92 Å². The van der Waals surface area contributed by atoms with Crippen LogP contribution >= 0.6 is 0 Å². The molecule has 0 bridgehead atoms. The summed E-state index contributed by atoms with van der Waals surface area (Å²) in [6.45, 7) is 3.83. The van der Waals surface area contributed by atoms with Crippen molar-refractivity contribution in [2.75, 3.05) is 30.3 Å². The predicted octanol–water partition coefficient (Wildman–Crippen LogP) is 2.55. The van der Waals surface area contributed by atoms with Gasteiger partial charge in [0, 0.05) is 19.7 Å². The fourth-order valence-electron chi connectivity index (χ4n) is 2.22. The van der Waals surface area contributed by atoms with Crippen LogP contribution in [0.4, 0.5) is 20.2 Å². The van der Waals surface area contributed by atoms with Gasteiger partial charge in [0.25, 0.3) is 0 Å². The predicted molar refractivity (Wildman–Crippen MR) is 67.6 cm³/mol. The third-order valence-electron chi connectivity index (χ3n) is 3.22. The number of ether oxygens (including phenoxy) is 1. The topological polar surface area (TPSA) is 38.5 Å². The first-order valence-electron chi connectivity index (χ1n) is 6.23. The Bertz CT molecular complexity index is 426. The molecule has 2 N–H and O–H groups in total. The first-order valence-corrected chi connectivity index (χ1v) is 6.23. The number of hydrogen-bond donors (Lipinski definition) is 1. The molecule has 1 atom stereocenters. The lowest BCUT2D eigenvalue weighted by atomic mass is 10.2. The Labute approximate surface area is 106 Å². The van der Waals surface area contributed by atoms with Gasteiger partial charge < -0.3 is 15.4 Å². The van der Waals surface area contributed by atoms with Crippen molar-refractivity contribution in [3.8, 4) is 0 Å². The van der Waals surface area contributed by atoms with E-state index in [0.717, 1.165) is 18.9 Å². The van der Waals surface area contributed by atoms with Crippen molar-refractivity contribution >= 4 is 11.4 Å². The molecule has 0 saturated carbocycles. The quantitative estimate of drug-likeness (QED) is 0.826. The van der Waals surface area contributed by atoms with E-state index in [-0.39, 0.29) is 17.5 Å². The highest BCUT2D eigenvalue weighted by atomic mass is 19.2. The Kier molecular flexibility index (Phi) is 4.01. The summed E-state index contributed by atoms with van der Waals surface area (Å²) < 4.78 is 32.8. The van der Waals surface area contributed by atoms with Crippen LogP contribution < -0.4 is 10.6 Å². The Balaban J connectivity index is 2.32. The summed E-state index contributed by atoms with van der Waals surface area (Å²) >= 11 is 0. The average molecular weight is 256 g/mol. The molecule has 1 aromatic rings. The molecule has 1 saturated heterocycles. The normalized spacial score (nSPS) is 20.8. The molecule has 1 aliphatic heterocycles. The maximum atomic E-state index is 13.9. The van der Waals surface area contributed by atoms with Crippen LogP contribution in [0, 0.1) is 11.6 Å². The van der Waals surface area contributed by atoms with E-state index in [1.165, 1.54) is 6.07 Å². The van der Waals surface area contributed by atoms with Gasteiger partial charge >= 0.3 is 0 Å². The van der Waals surface area contributed by atoms with Crippen LogP contribution in [0.25, 0.3) is 0 Å². The zero-order chi connectivity index (χ0) is 13.1. The minimum atomic E-state index is -0.869. The van der Waals surface area contributed by atoms with Gasteiger partial charge in [-0.25, -0.2) is 8.78 Å². The van der Waals surface area contributed by atoms with Crippen LogP contribution in [0.5, 0.6) is 0 Å². The monoisotopic (exact) mass is 256 g/mol. The number of anilines is 2. The molecular formula is C13H18F2N2O. The molecular weight excluding hydrogens is 238 g/mol. The molecule has 3 nitrogen and oxygen atoms in total. The molecule has 0 radical (unpaired) electrons. The van der Waals surface area contributed by atoms with E-state index in [9.17, 15) is 8.78 Å². The molecule has 1 aliphatic rings. The van der Waals surface area contributed by atoms with Crippen LogP contribution in [0.3, 0.4) is 0 Å². The smallest absolute Gasteiger partial charge is 0.184 e. The molecule has 1 fully saturated rings. The maximum absolute atomic E-state index is 13.9. The second-order valence-electron chi connectivity index (χ2n) is 4.50. The largest absolute Gasteiger partial charge is 0.397 e. The van der Waals surface area contributed by atoms with Crippen molar-refractivity contribution in [1.29, 1.82) is 0 Å². The lowest BCUT2D eigenvalue weighted by Gasteiger charge is -2.27. The maximum Gasteiger partial charge on any atom is 0.184 e. The van der Waals surface area contributed by atoms with Gasteiger partial charge in [0.05, 0.1) is 17.5 Å². The second kappa shape index (κ2) is 5.52. The van der Waals surface area contributed by atoms with E-state index in [1.54, 1.807) is 4.90 Å². The van der Waals surface area contributed by atoms with E-state index in [4.69, 9.17) is 10.5 Å². The number of rotatable bonds is 2. The molecule has 1 aromatic carbocycles. The van der Waals surface area contributed by atoms with Gasteiger partial charge in [-0.1, -0.05) is 6.92 Å². The Morgan fingerprint density at radius 2 is 2.22 bits per heavy atom. The summed E-state index contributed by atoms with van der Waals surface area (Å²) in [6.07, 6.45) is 1.66. The Hall–Kier alpha value is -1.36. The van der Waals surface area contributed by atoms with Crippen molar-refractivity contribution in [2.45, 2.75) is 25.9 Å². The SMILES string of the molecule is CCC1CN(c2c(N)ccc(F)c2F)CCCO1. The fourth-order valence-corrected chi connectivity index (χ4v) is 2.22. The van der Waals surface area contributed by atoms with Gasteiger partial charge in [0.15, 0.2) is 11.6 Å². The van der Waals surface area contributed by atoms with E-state index in [2.05, 4.69) is 0 Å². The van der Waals surface area contributed by atoms with Crippen molar-refractivity contribution in [1.82, 2.24) is 0 Å². The molecule has 0 aromatic heterocycles. The molecule has 2 rings (SSSR count). The third-order valence-corrected chi connectivity index (χ3v) is 3.22. The number of nitrogens with two attached hydrogens (primary N) is 1. The van der Waals surface area contributed by atoms with E-state index >= 15 is 0 Å². The van der Waals surface area contributed by atoms with Crippen LogP contribution in [0.1, 0.15) is 19.8 Å². The highest BCUT2D eigenvalue weighted by Gasteiger charge is 2.23. The van der Waals surface area contributed by atoms with Crippen LogP contribution in [-0.4, -0.2) is 25.8 Å². The van der Waals surface area contributed by atoms with Crippen LogP contribution in [0.15, 0.2) is 12.1 Å². The highest BCUT2D eigenvalue weighted by Crippen LogP contribution is 2.30. The number of benzene rings is 1. The molecule has 1 heterocycles. The summed E-state index contributed by atoms with van der Waals surface area (Å²) in [4.78, 5) is 1.79. The highest BCUT2D eigenvalue weighted by molar-refractivity contribution is 5.68.